The van der Waals surface area contributed by atoms with Gasteiger partial charge < -0.3 is 10.0 Å². The summed E-state index contributed by atoms with van der Waals surface area (Å²) in [6, 6.07) is 13.1. The molecule has 2 aromatic rings. The highest BCUT2D eigenvalue weighted by Crippen LogP contribution is 2.57. The van der Waals surface area contributed by atoms with Crippen molar-refractivity contribution in [3.63, 3.8) is 0 Å². The minimum atomic E-state index is -0.808. The summed E-state index contributed by atoms with van der Waals surface area (Å²) >= 11 is 3.58. The number of hydrogen-bond acceptors (Lipinski definition) is 2. The Bertz CT molecular complexity index is 1010. The van der Waals surface area contributed by atoms with Crippen molar-refractivity contribution < 1.29 is 9.90 Å². The average Bonchev–Trinajstić information content (AvgIpc) is 3.26. The number of aromatic carboxylic acids is 1. The van der Waals surface area contributed by atoms with Gasteiger partial charge >= 0.3 is 5.97 Å². The molecule has 3 nitrogen and oxygen atoms in total. The second kappa shape index (κ2) is 8.46. The third-order valence-corrected chi connectivity index (χ3v) is 8.07. The normalized spacial score (nSPS) is 25.9. The molecule has 0 saturated heterocycles. The number of allylic oxidation sites excluding steroid dienone is 2. The third kappa shape index (κ3) is 3.63. The topological polar surface area (TPSA) is 40.5 Å². The molecule has 4 heteroatoms. The Morgan fingerprint density at radius 3 is 2.68 bits per heavy atom. The lowest BCUT2D eigenvalue weighted by Gasteiger charge is -2.50. The highest BCUT2D eigenvalue weighted by molar-refractivity contribution is 9.10. The maximum Gasteiger partial charge on any atom is 0.335 e. The first-order valence-electron chi connectivity index (χ1n) is 11.7. The monoisotopic (exact) mass is 479 g/mol. The van der Waals surface area contributed by atoms with Crippen molar-refractivity contribution >= 4 is 27.6 Å². The summed E-state index contributed by atoms with van der Waals surface area (Å²) in [4.78, 5) is 14.6. The number of carboxylic acid groups (broad SMARTS) is 1. The molecule has 162 valence electrons. The fourth-order valence-electron chi connectivity index (χ4n) is 6.13. The Labute approximate surface area is 193 Å². The number of carbonyl (C=O) groups is 1. The number of halogens is 1. The van der Waals surface area contributed by atoms with Crippen LogP contribution in [0, 0.1) is 5.92 Å². The van der Waals surface area contributed by atoms with E-state index in [2.05, 4.69) is 64.2 Å². The minimum Gasteiger partial charge on any atom is -0.478 e. The van der Waals surface area contributed by atoms with Crippen LogP contribution in [0.25, 0.3) is 0 Å². The van der Waals surface area contributed by atoms with E-state index >= 15 is 0 Å². The molecule has 2 aromatic carbocycles. The standard InChI is InChI=1S/C27H30BrNO2/c1-2-3-4-6-17-13-14-29-25(18-9-11-20(28)12-10-18)22-8-5-7-21(22)24-16-19(27(30)31)15-23(17)26(24)29/h5,7,9-12,15-17,21-22,25H,2-4,6,8,13-14H2,1H3,(H,30,31)/t17-,21-,22-,25-/m1/s1. The van der Waals surface area contributed by atoms with Gasteiger partial charge in [0.2, 0.25) is 0 Å². The predicted octanol–water partition coefficient (Wildman–Crippen LogP) is 7.44. The Balaban J connectivity index is 1.64. The molecule has 4 atom stereocenters. The Morgan fingerprint density at radius 2 is 1.94 bits per heavy atom. The van der Waals surface area contributed by atoms with Crippen LogP contribution in [-0.4, -0.2) is 17.6 Å². The SMILES string of the molecule is CCCCC[C@@H]1CCN2c3c1cc(C(=O)O)cc3[C@@H]1C=CC[C@H]1[C@H]2c1ccc(Br)cc1. The van der Waals surface area contributed by atoms with Crippen LogP contribution < -0.4 is 4.90 Å². The van der Waals surface area contributed by atoms with Gasteiger partial charge in [-0.05, 0) is 72.1 Å². The molecule has 0 fully saturated rings. The number of unbranched alkanes of at least 4 members (excludes halogenated alkanes) is 2. The molecule has 0 bridgehead atoms. The van der Waals surface area contributed by atoms with Crippen molar-refractivity contribution in [1.29, 1.82) is 0 Å². The first kappa shape index (κ1) is 20.8. The summed E-state index contributed by atoms with van der Waals surface area (Å²) in [5, 5.41) is 9.85. The van der Waals surface area contributed by atoms with E-state index in [1.54, 1.807) is 0 Å². The molecule has 0 unspecified atom stereocenters. The van der Waals surface area contributed by atoms with E-state index < -0.39 is 5.97 Å². The molecule has 0 spiro atoms. The lowest BCUT2D eigenvalue weighted by atomic mass is 9.71. The number of nitrogens with zero attached hydrogens (tertiary/aromatic N) is 1. The predicted molar refractivity (Wildman–Crippen MR) is 129 cm³/mol. The van der Waals surface area contributed by atoms with Crippen LogP contribution in [0.5, 0.6) is 0 Å². The zero-order chi connectivity index (χ0) is 21.5. The van der Waals surface area contributed by atoms with Gasteiger partial charge in [0.25, 0.3) is 0 Å². The maximum atomic E-state index is 12.0. The van der Waals surface area contributed by atoms with E-state index in [-0.39, 0.29) is 0 Å². The summed E-state index contributed by atoms with van der Waals surface area (Å²) in [6.45, 7) is 3.29. The van der Waals surface area contributed by atoms with Crippen molar-refractivity contribution in [2.75, 3.05) is 11.4 Å². The third-order valence-electron chi connectivity index (χ3n) is 7.54. The highest BCUT2D eigenvalue weighted by Gasteiger charge is 2.45. The molecule has 1 N–H and O–H groups in total. The number of fused-ring (bicyclic) bond motifs is 2. The van der Waals surface area contributed by atoms with Crippen LogP contribution in [0.4, 0.5) is 5.69 Å². The molecule has 31 heavy (non-hydrogen) atoms. The van der Waals surface area contributed by atoms with Crippen molar-refractivity contribution in [3.05, 3.63) is 75.3 Å². The van der Waals surface area contributed by atoms with E-state index in [0.717, 1.165) is 30.3 Å². The van der Waals surface area contributed by atoms with Gasteiger partial charge in [0, 0.05) is 22.6 Å². The van der Waals surface area contributed by atoms with Crippen molar-refractivity contribution in [3.8, 4) is 0 Å². The summed E-state index contributed by atoms with van der Waals surface area (Å²) in [6.07, 6.45) is 11.6. The summed E-state index contributed by atoms with van der Waals surface area (Å²) in [5.41, 5.74) is 5.67. The molecule has 0 saturated carbocycles. The summed E-state index contributed by atoms with van der Waals surface area (Å²) in [7, 11) is 0. The van der Waals surface area contributed by atoms with E-state index in [4.69, 9.17) is 0 Å². The van der Waals surface area contributed by atoms with Crippen molar-refractivity contribution in [1.82, 2.24) is 0 Å². The van der Waals surface area contributed by atoms with Gasteiger partial charge in [0.05, 0.1) is 11.6 Å². The summed E-state index contributed by atoms with van der Waals surface area (Å²) < 4.78 is 1.11. The molecule has 2 aliphatic heterocycles. The molecule has 3 aliphatic rings. The molecule has 2 heterocycles. The van der Waals surface area contributed by atoms with Gasteiger partial charge in [-0.3, -0.25) is 0 Å². The molecule has 0 amide bonds. The number of benzene rings is 2. The average molecular weight is 480 g/mol. The van der Waals surface area contributed by atoms with Crippen LogP contribution in [0.1, 0.15) is 90.4 Å². The van der Waals surface area contributed by atoms with E-state index in [1.807, 2.05) is 12.1 Å². The zero-order valence-corrected chi connectivity index (χ0v) is 19.6. The fraction of sp³-hybridized carbons (Fsp3) is 0.444. The first-order chi connectivity index (χ1) is 15.1. The second-order valence-electron chi connectivity index (χ2n) is 9.33. The van der Waals surface area contributed by atoms with Crippen LogP contribution in [0.15, 0.2) is 53.0 Å². The largest absolute Gasteiger partial charge is 0.478 e. The number of rotatable bonds is 6. The molecule has 0 aromatic heterocycles. The van der Waals surface area contributed by atoms with Crippen LogP contribution >= 0.6 is 15.9 Å². The van der Waals surface area contributed by atoms with Gasteiger partial charge in [-0.15, -0.1) is 0 Å². The Kier molecular flexibility index (Phi) is 5.68. The van der Waals surface area contributed by atoms with E-state index in [1.165, 1.54) is 41.6 Å². The van der Waals surface area contributed by atoms with Crippen LogP contribution in [-0.2, 0) is 0 Å². The zero-order valence-electron chi connectivity index (χ0n) is 18.1. The first-order valence-corrected chi connectivity index (χ1v) is 12.5. The van der Waals surface area contributed by atoms with Gasteiger partial charge in [-0.1, -0.05) is 66.4 Å². The Hall–Kier alpha value is -2.07. The molecular weight excluding hydrogens is 450 g/mol. The van der Waals surface area contributed by atoms with Crippen molar-refractivity contribution in [2.45, 2.75) is 63.3 Å². The van der Waals surface area contributed by atoms with Gasteiger partial charge in [-0.25, -0.2) is 4.79 Å². The fourth-order valence-corrected chi connectivity index (χ4v) is 6.40. The molecule has 5 rings (SSSR count). The minimum absolute atomic E-state index is 0.298. The van der Waals surface area contributed by atoms with Crippen molar-refractivity contribution in [2.24, 2.45) is 5.92 Å². The lowest BCUT2D eigenvalue weighted by molar-refractivity contribution is 0.0696. The van der Waals surface area contributed by atoms with Crippen LogP contribution in [0.3, 0.4) is 0 Å². The molecular formula is C27H30BrNO2. The Morgan fingerprint density at radius 1 is 1.16 bits per heavy atom. The number of anilines is 1. The molecule has 0 radical (unpaired) electrons. The summed E-state index contributed by atoms with van der Waals surface area (Å²) in [5.74, 6) is 0.412. The highest BCUT2D eigenvalue weighted by atomic mass is 79.9. The lowest BCUT2D eigenvalue weighted by Crippen LogP contribution is -2.43. The van der Waals surface area contributed by atoms with Gasteiger partial charge in [0.1, 0.15) is 0 Å². The van der Waals surface area contributed by atoms with Crippen LogP contribution in [0.2, 0.25) is 0 Å². The maximum absolute atomic E-state index is 12.0. The second-order valence-corrected chi connectivity index (χ2v) is 10.2. The quantitative estimate of drug-likeness (QED) is 0.345. The van der Waals surface area contributed by atoms with E-state index in [9.17, 15) is 9.90 Å². The smallest absolute Gasteiger partial charge is 0.335 e. The van der Waals surface area contributed by atoms with Gasteiger partial charge in [-0.2, -0.15) is 0 Å². The molecule has 1 aliphatic carbocycles. The number of carboxylic acids is 1. The number of hydrogen-bond donors (Lipinski definition) is 1. The van der Waals surface area contributed by atoms with Gasteiger partial charge in [0.15, 0.2) is 0 Å². The van der Waals surface area contributed by atoms with E-state index in [0.29, 0.717) is 29.4 Å².